The third-order valence-corrected chi connectivity index (χ3v) is 1.59. The fraction of sp³-hybridized carbons (Fsp3) is 1.00. The summed E-state index contributed by atoms with van der Waals surface area (Å²) in [4.78, 5) is 0. The van der Waals surface area contributed by atoms with Gasteiger partial charge in [-0.25, -0.2) is 13.2 Å². The topological polar surface area (TPSA) is 26.0 Å². The molecule has 0 radical (unpaired) electrons. The van der Waals surface area contributed by atoms with Crippen LogP contribution in [-0.2, 0) is 0 Å². The van der Waals surface area contributed by atoms with Gasteiger partial charge in [0.1, 0.15) is 0 Å². The van der Waals surface area contributed by atoms with Crippen molar-refractivity contribution in [2.45, 2.75) is 31.0 Å². The number of alkyl halides is 3. The molecule has 0 heterocycles. The first-order chi connectivity index (χ1) is 4.04. The Morgan fingerprint density at radius 1 is 1.44 bits per heavy atom. The van der Waals surface area contributed by atoms with Crippen molar-refractivity contribution in [2.24, 2.45) is 5.73 Å². The Morgan fingerprint density at radius 3 is 2.00 bits per heavy atom. The molecule has 0 saturated heterocycles. The minimum absolute atomic E-state index is 0.190. The quantitative estimate of drug-likeness (QED) is 0.578. The molecule has 0 spiro atoms. The summed E-state index contributed by atoms with van der Waals surface area (Å²) in [6.45, 7) is 0. The van der Waals surface area contributed by atoms with E-state index in [9.17, 15) is 13.2 Å². The number of hydrogen-bond donors (Lipinski definition) is 1. The van der Waals surface area contributed by atoms with Crippen LogP contribution in [0.4, 0.5) is 13.2 Å². The maximum absolute atomic E-state index is 12.4. The number of hydrogen-bond acceptors (Lipinski definition) is 1. The van der Waals surface area contributed by atoms with E-state index in [1.165, 1.54) is 0 Å². The van der Waals surface area contributed by atoms with E-state index in [1.54, 1.807) is 0 Å². The van der Waals surface area contributed by atoms with E-state index in [1.807, 2.05) is 0 Å². The minimum Gasteiger partial charge on any atom is -0.327 e. The van der Waals surface area contributed by atoms with Crippen LogP contribution < -0.4 is 5.73 Å². The number of rotatable bonds is 1. The van der Waals surface area contributed by atoms with Gasteiger partial charge in [0.2, 0.25) is 0 Å². The molecule has 1 fully saturated rings. The van der Waals surface area contributed by atoms with Gasteiger partial charge in [-0.1, -0.05) is 0 Å². The molecule has 1 aliphatic rings. The smallest absolute Gasteiger partial charge is 0.272 e. The normalized spacial score (nSPS) is 43.0. The first kappa shape index (κ1) is 6.86. The summed E-state index contributed by atoms with van der Waals surface area (Å²) in [5.74, 6) is 0. The zero-order chi connectivity index (χ0) is 7.07. The van der Waals surface area contributed by atoms with Crippen LogP contribution in [0.25, 0.3) is 0 Å². The van der Waals surface area contributed by atoms with Crippen molar-refractivity contribution < 1.29 is 13.2 Å². The predicted octanol–water partition coefficient (Wildman–Crippen LogP) is 1.08. The molecule has 1 rings (SSSR count). The fourth-order valence-electron chi connectivity index (χ4n) is 0.990. The maximum atomic E-state index is 12.4. The lowest BCUT2D eigenvalue weighted by molar-refractivity contribution is -0.0933. The lowest BCUT2D eigenvalue weighted by Gasteiger charge is -2.38. The van der Waals surface area contributed by atoms with Crippen molar-refractivity contribution in [3.8, 4) is 0 Å². The van der Waals surface area contributed by atoms with Crippen molar-refractivity contribution in [3.63, 3.8) is 0 Å². The molecule has 54 valence electrons. The van der Waals surface area contributed by atoms with Crippen molar-refractivity contribution >= 4 is 0 Å². The molecule has 0 unspecified atom stereocenters. The van der Waals surface area contributed by atoms with Crippen LogP contribution >= 0.6 is 0 Å². The lowest BCUT2D eigenvalue weighted by atomic mass is 9.78. The molecule has 0 aromatic heterocycles. The third-order valence-electron chi connectivity index (χ3n) is 1.59. The molecule has 0 atom stereocenters. The van der Waals surface area contributed by atoms with Gasteiger partial charge in [0, 0.05) is 18.9 Å². The highest BCUT2D eigenvalue weighted by Gasteiger charge is 2.50. The predicted molar refractivity (Wildman–Crippen MR) is 27.1 cm³/mol. The second-order valence-electron chi connectivity index (χ2n) is 2.50. The molecule has 0 amide bonds. The summed E-state index contributed by atoms with van der Waals surface area (Å²) >= 11 is 0. The van der Waals surface area contributed by atoms with Crippen LogP contribution in [0.5, 0.6) is 0 Å². The van der Waals surface area contributed by atoms with Crippen LogP contribution in [0.2, 0.25) is 0 Å². The van der Waals surface area contributed by atoms with E-state index in [2.05, 4.69) is 0 Å². The average Bonchev–Trinajstić information content (AvgIpc) is 1.62. The van der Waals surface area contributed by atoms with Crippen molar-refractivity contribution in [3.05, 3.63) is 0 Å². The highest BCUT2D eigenvalue weighted by Crippen LogP contribution is 2.39. The molecular formula is C5H8F3N. The first-order valence-corrected chi connectivity index (χ1v) is 2.77. The largest absolute Gasteiger partial charge is 0.327 e. The summed E-state index contributed by atoms with van der Waals surface area (Å²) < 4.78 is 35.7. The highest BCUT2D eigenvalue weighted by molar-refractivity contribution is 4.98. The van der Waals surface area contributed by atoms with Gasteiger partial charge in [-0.15, -0.1) is 0 Å². The summed E-state index contributed by atoms with van der Waals surface area (Å²) in [5.41, 5.74) is 2.85. The SMILES string of the molecule is NC1CC(F)(C(F)F)C1. The Kier molecular flexibility index (Phi) is 1.42. The number of nitrogens with two attached hydrogens (primary N) is 1. The Labute approximate surface area is 51.0 Å². The molecule has 4 heteroatoms. The second kappa shape index (κ2) is 1.87. The zero-order valence-electron chi connectivity index (χ0n) is 4.78. The van der Waals surface area contributed by atoms with Gasteiger partial charge in [0.05, 0.1) is 0 Å². The molecule has 1 saturated carbocycles. The van der Waals surface area contributed by atoms with E-state index >= 15 is 0 Å². The van der Waals surface area contributed by atoms with Crippen molar-refractivity contribution in [1.82, 2.24) is 0 Å². The van der Waals surface area contributed by atoms with Crippen molar-refractivity contribution in [2.75, 3.05) is 0 Å². The van der Waals surface area contributed by atoms with Crippen LogP contribution in [-0.4, -0.2) is 18.1 Å². The molecule has 1 aliphatic carbocycles. The van der Waals surface area contributed by atoms with Gasteiger partial charge in [0.15, 0.2) is 5.67 Å². The van der Waals surface area contributed by atoms with Crippen LogP contribution in [0.3, 0.4) is 0 Å². The Morgan fingerprint density at radius 2 is 1.89 bits per heavy atom. The monoisotopic (exact) mass is 139 g/mol. The average molecular weight is 139 g/mol. The van der Waals surface area contributed by atoms with E-state index in [0.29, 0.717) is 0 Å². The molecule has 1 nitrogen and oxygen atoms in total. The van der Waals surface area contributed by atoms with E-state index in [0.717, 1.165) is 0 Å². The van der Waals surface area contributed by atoms with Gasteiger partial charge < -0.3 is 5.73 Å². The highest BCUT2D eigenvalue weighted by atomic mass is 19.3. The van der Waals surface area contributed by atoms with Gasteiger partial charge >= 0.3 is 0 Å². The molecule has 0 aromatic rings. The molecule has 2 N–H and O–H groups in total. The van der Waals surface area contributed by atoms with Gasteiger partial charge in [0.25, 0.3) is 6.43 Å². The number of halogens is 3. The third kappa shape index (κ3) is 1.03. The second-order valence-corrected chi connectivity index (χ2v) is 2.50. The lowest BCUT2D eigenvalue weighted by Crippen LogP contribution is -2.52. The van der Waals surface area contributed by atoms with Crippen LogP contribution in [0, 0.1) is 0 Å². The fourth-order valence-corrected chi connectivity index (χ4v) is 0.990. The minimum atomic E-state index is -2.86. The molecule has 0 aliphatic heterocycles. The van der Waals surface area contributed by atoms with Gasteiger partial charge in [-0.3, -0.25) is 0 Å². The molecule has 9 heavy (non-hydrogen) atoms. The van der Waals surface area contributed by atoms with Crippen LogP contribution in [0.1, 0.15) is 12.8 Å². The van der Waals surface area contributed by atoms with Crippen molar-refractivity contribution in [1.29, 1.82) is 0 Å². The Bertz CT molecular complexity index is 109. The van der Waals surface area contributed by atoms with E-state index in [4.69, 9.17) is 5.73 Å². The summed E-state index contributed by atoms with van der Waals surface area (Å²) in [7, 11) is 0. The zero-order valence-corrected chi connectivity index (χ0v) is 4.78. The summed E-state index contributed by atoms with van der Waals surface area (Å²) in [5, 5.41) is 0. The van der Waals surface area contributed by atoms with E-state index in [-0.39, 0.29) is 18.9 Å². The first-order valence-electron chi connectivity index (χ1n) is 2.77. The van der Waals surface area contributed by atoms with Gasteiger partial charge in [-0.05, 0) is 0 Å². The Hall–Kier alpha value is -0.250. The maximum Gasteiger partial charge on any atom is 0.272 e. The standard InChI is InChI=1S/C5H8F3N/c6-4(7)5(8)1-3(9)2-5/h3-4H,1-2,9H2. The van der Waals surface area contributed by atoms with E-state index < -0.39 is 12.1 Å². The summed E-state index contributed by atoms with van der Waals surface area (Å²) in [6.07, 6.45) is -3.24. The van der Waals surface area contributed by atoms with Crippen LogP contribution in [0.15, 0.2) is 0 Å². The Balaban J connectivity index is 2.40. The summed E-state index contributed by atoms with van der Waals surface area (Å²) in [6, 6.07) is -0.357. The van der Waals surface area contributed by atoms with Gasteiger partial charge in [-0.2, -0.15) is 0 Å². The molecular weight excluding hydrogens is 131 g/mol. The molecule has 0 bridgehead atoms. The molecule has 0 aromatic carbocycles.